The average molecular weight is 445 g/mol. The van der Waals surface area contributed by atoms with Crippen molar-refractivity contribution in [3.63, 3.8) is 0 Å². The summed E-state index contributed by atoms with van der Waals surface area (Å²) in [5.74, 6) is 0.339. The smallest absolute Gasteiger partial charge is 0.222 e. The Morgan fingerprint density at radius 3 is 2.58 bits per heavy atom. The Morgan fingerprint density at radius 2 is 1.90 bits per heavy atom. The SMILES string of the molecule is Cc1nc(N)nc(N[C@@H]2C[C@H](CC(C)(C)O)[C@@H](O)[C@H]2O)c1-c1nc2c(C)nccc2s1. The van der Waals surface area contributed by atoms with Gasteiger partial charge in [0.25, 0.3) is 0 Å². The van der Waals surface area contributed by atoms with Crippen molar-refractivity contribution in [3.05, 3.63) is 23.7 Å². The molecule has 1 aliphatic rings. The number of aromatic nitrogens is 4. The van der Waals surface area contributed by atoms with Crippen molar-refractivity contribution in [3.8, 4) is 10.6 Å². The number of aliphatic hydroxyl groups is 3. The second-order valence-electron chi connectivity index (χ2n) is 8.90. The lowest BCUT2D eigenvalue weighted by molar-refractivity contribution is -0.0132. The van der Waals surface area contributed by atoms with Crippen LogP contribution in [0.4, 0.5) is 11.8 Å². The molecule has 6 N–H and O–H groups in total. The van der Waals surface area contributed by atoms with Crippen molar-refractivity contribution in [2.24, 2.45) is 5.92 Å². The molecule has 0 bridgehead atoms. The van der Waals surface area contributed by atoms with Gasteiger partial charge in [-0.05, 0) is 52.5 Å². The Labute approximate surface area is 184 Å². The number of hydrogen-bond donors (Lipinski definition) is 5. The minimum atomic E-state index is -1.00. The molecule has 3 aromatic heterocycles. The summed E-state index contributed by atoms with van der Waals surface area (Å²) in [5.41, 5.74) is 8.03. The summed E-state index contributed by atoms with van der Waals surface area (Å²) >= 11 is 1.51. The zero-order valence-corrected chi connectivity index (χ0v) is 18.8. The molecule has 0 aliphatic heterocycles. The first kappa shape index (κ1) is 21.8. The van der Waals surface area contributed by atoms with E-state index in [0.717, 1.165) is 20.9 Å². The fourth-order valence-corrected chi connectivity index (χ4v) is 5.44. The van der Waals surface area contributed by atoms with Crippen LogP contribution in [0.2, 0.25) is 0 Å². The van der Waals surface area contributed by atoms with Crippen LogP contribution in [0.3, 0.4) is 0 Å². The maximum absolute atomic E-state index is 10.6. The number of fused-ring (bicyclic) bond motifs is 1. The third-order valence-corrected chi connectivity index (χ3v) is 6.74. The minimum Gasteiger partial charge on any atom is -0.390 e. The minimum absolute atomic E-state index is 0.115. The molecule has 0 radical (unpaired) electrons. The summed E-state index contributed by atoms with van der Waals surface area (Å²) in [7, 11) is 0. The largest absolute Gasteiger partial charge is 0.390 e. The summed E-state index contributed by atoms with van der Waals surface area (Å²) in [6, 6.07) is 1.47. The molecule has 0 amide bonds. The van der Waals surface area contributed by atoms with Gasteiger partial charge >= 0.3 is 0 Å². The number of nitrogens with one attached hydrogen (secondary N) is 1. The van der Waals surface area contributed by atoms with E-state index in [4.69, 9.17) is 10.7 Å². The standard InChI is InChI=1S/C21H28N6O3S/c1-9-14(19-26-15-10(2)23-6-5-13(15)31-19)18(27-20(22)24-9)25-12-7-11(8-21(3,4)30)16(28)17(12)29/h5-6,11-12,16-17,28-30H,7-8H2,1-4H3,(H3,22,24,25,27)/t11-,12-,16-,17+/m1/s1. The van der Waals surface area contributed by atoms with Crippen molar-refractivity contribution < 1.29 is 15.3 Å². The Balaban J connectivity index is 1.70. The predicted octanol–water partition coefficient (Wildman–Crippen LogP) is 2.03. The highest BCUT2D eigenvalue weighted by Gasteiger charge is 2.43. The van der Waals surface area contributed by atoms with Crippen LogP contribution in [0.25, 0.3) is 20.8 Å². The fraction of sp³-hybridized carbons (Fsp3) is 0.524. The van der Waals surface area contributed by atoms with Crippen molar-refractivity contribution in [1.82, 2.24) is 19.9 Å². The second-order valence-corrected chi connectivity index (χ2v) is 9.93. The number of pyridine rings is 1. The third-order valence-electron chi connectivity index (χ3n) is 5.70. The molecule has 1 saturated carbocycles. The van der Waals surface area contributed by atoms with Crippen molar-refractivity contribution >= 4 is 33.3 Å². The van der Waals surface area contributed by atoms with Crippen LogP contribution >= 0.6 is 11.3 Å². The Hall–Kier alpha value is -2.40. The van der Waals surface area contributed by atoms with Crippen LogP contribution in [0.15, 0.2) is 12.3 Å². The van der Waals surface area contributed by atoms with E-state index in [-0.39, 0.29) is 11.9 Å². The van der Waals surface area contributed by atoms with Gasteiger partial charge in [0.2, 0.25) is 5.95 Å². The lowest BCUT2D eigenvalue weighted by Gasteiger charge is -2.24. The number of rotatable bonds is 5. The average Bonchev–Trinajstić information content (AvgIpc) is 3.18. The molecule has 9 nitrogen and oxygen atoms in total. The van der Waals surface area contributed by atoms with Crippen LogP contribution in [-0.2, 0) is 0 Å². The van der Waals surface area contributed by atoms with E-state index in [2.05, 4.69) is 20.3 Å². The molecular weight excluding hydrogens is 416 g/mol. The van der Waals surface area contributed by atoms with E-state index in [1.807, 2.05) is 19.9 Å². The summed E-state index contributed by atoms with van der Waals surface area (Å²) in [4.78, 5) is 17.8. The van der Waals surface area contributed by atoms with Crippen molar-refractivity contribution in [2.45, 2.75) is 64.4 Å². The van der Waals surface area contributed by atoms with E-state index in [9.17, 15) is 15.3 Å². The van der Waals surface area contributed by atoms with Gasteiger partial charge in [0, 0.05) is 6.20 Å². The van der Waals surface area contributed by atoms with E-state index >= 15 is 0 Å². The summed E-state index contributed by atoms with van der Waals surface area (Å²) in [6.07, 6.45) is 0.676. The second kappa shape index (κ2) is 7.94. The molecule has 0 aromatic carbocycles. The maximum Gasteiger partial charge on any atom is 0.222 e. The number of nitrogens with zero attached hydrogens (tertiary/aromatic N) is 4. The van der Waals surface area contributed by atoms with Gasteiger partial charge in [-0.15, -0.1) is 11.3 Å². The molecule has 10 heteroatoms. The van der Waals surface area contributed by atoms with E-state index in [1.54, 1.807) is 20.0 Å². The van der Waals surface area contributed by atoms with Crippen LogP contribution < -0.4 is 11.1 Å². The molecule has 0 saturated heterocycles. The van der Waals surface area contributed by atoms with Crippen LogP contribution in [-0.4, -0.2) is 59.1 Å². The van der Waals surface area contributed by atoms with Crippen molar-refractivity contribution in [2.75, 3.05) is 11.1 Å². The van der Waals surface area contributed by atoms with Gasteiger partial charge in [0.15, 0.2) is 0 Å². The highest BCUT2D eigenvalue weighted by molar-refractivity contribution is 7.21. The monoisotopic (exact) mass is 444 g/mol. The molecule has 0 unspecified atom stereocenters. The lowest BCUT2D eigenvalue weighted by Crippen LogP contribution is -2.36. The molecule has 3 aromatic rings. The number of anilines is 2. The third kappa shape index (κ3) is 4.33. The van der Waals surface area contributed by atoms with Crippen LogP contribution in [0.1, 0.15) is 38.1 Å². The quantitative estimate of drug-likeness (QED) is 0.398. The predicted molar refractivity (Wildman–Crippen MR) is 121 cm³/mol. The Kier molecular flexibility index (Phi) is 5.59. The van der Waals surface area contributed by atoms with E-state index in [1.165, 1.54) is 11.3 Å². The zero-order valence-electron chi connectivity index (χ0n) is 18.0. The van der Waals surface area contributed by atoms with E-state index < -0.39 is 23.9 Å². The number of thiazole rings is 1. The van der Waals surface area contributed by atoms with Gasteiger partial charge in [-0.2, -0.15) is 4.98 Å². The van der Waals surface area contributed by atoms with Gasteiger partial charge in [0.05, 0.1) is 39.4 Å². The highest BCUT2D eigenvalue weighted by Crippen LogP contribution is 2.39. The molecule has 3 heterocycles. The Morgan fingerprint density at radius 1 is 1.16 bits per heavy atom. The topological polar surface area (TPSA) is 150 Å². The van der Waals surface area contributed by atoms with E-state index in [0.29, 0.717) is 29.9 Å². The number of nitrogens with two attached hydrogens (primary N) is 1. The lowest BCUT2D eigenvalue weighted by atomic mass is 9.91. The first-order valence-electron chi connectivity index (χ1n) is 10.2. The number of aliphatic hydroxyl groups excluding tert-OH is 2. The fourth-order valence-electron chi connectivity index (χ4n) is 4.33. The normalized spacial score (nSPS) is 24.1. The Bertz CT molecular complexity index is 1110. The first-order chi connectivity index (χ1) is 14.5. The zero-order chi connectivity index (χ0) is 22.5. The molecule has 0 spiro atoms. The number of hydrogen-bond acceptors (Lipinski definition) is 10. The van der Waals surface area contributed by atoms with Crippen LogP contribution in [0.5, 0.6) is 0 Å². The highest BCUT2D eigenvalue weighted by atomic mass is 32.1. The van der Waals surface area contributed by atoms with Gasteiger partial charge < -0.3 is 26.4 Å². The molecule has 4 rings (SSSR count). The molecule has 4 atom stereocenters. The molecule has 1 aliphatic carbocycles. The number of aryl methyl sites for hydroxylation is 2. The molecule has 166 valence electrons. The summed E-state index contributed by atoms with van der Waals surface area (Å²) < 4.78 is 1.01. The summed E-state index contributed by atoms with van der Waals surface area (Å²) in [5, 5.41) is 35.3. The number of nitrogen functional groups attached to an aromatic ring is 1. The molecule has 31 heavy (non-hydrogen) atoms. The van der Waals surface area contributed by atoms with Gasteiger partial charge in [-0.3, -0.25) is 4.98 Å². The van der Waals surface area contributed by atoms with Gasteiger partial charge in [-0.25, -0.2) is 9.97 Å². The van der Waals surface area contributed by atoms with Gasteiger partial charge in [-0.1, -0.05) is 0 Å². The van der Waals surface area contributed by atoms with Crippen LogP contribution in [0, 0.1) is 19.8 Å². The van der Waals surface area contributed by atoms with Gasteiger partial charge in [0.1, 0.15) is 22.4 Å². The van der Waals surface area contributed by atoms with Crippen molar-refractivity contribution in [1.29, 1.82) is 0 Å². The first-order valence-corrected chi connectivity index (χ1v) is 11.1. The summed E-state index contributed by atoms with van der Waals surface area (Å²) in [6.45, 7) is 7.15. The molecular formula is C21H28N6O3S. The molecule has 1 fully saturated rings. The maximum atomic E-state index is 10.6.